The summed E-state index contributed by atoms with van der Waals surface area (Å²) >= 11 is 1.58. The van der Waals surface area contributed by atoms with Crippen LogP contribution in [0.3, 0.4) is 0 Å². The fourth-order valence-electron chi connectivity index (χ4n) is 2.07. The van der Waals surface area contributed by atoms with Crippen LogP contribution in [0.2, 0.25) is 0 Å². The van der Waals surface area contributed by atoms with E-state index in [1.54, 1.807) is 11.3 Å². The van der Waals surface area contributed by atoms with E-state index in [9.17, 15) is 0 Å². The van der Waals surface area contributed by atoms with Crippen LogP contribution in [0.1, 0.15) is 45.4 Å². The molecule has 0 aliphatic rings. The van der Waals surface area contributed by atoms with Crippen molar-refractivity contribution in [1.29, 1.82) is 0 Å². The number of nitrogens with zero attached hydrogens (tertiary/aromatic N) is 2. The fraction of sp³-hybridized carbons (Fsp3) is 0.412. The first-order chi connectivity index (χ1) is 10.4. The highest BCUT2D eigenvalue weighted by Crippen LogP contribution is 2.24. The summed E-state index contributed by atoms with van der Waals surface area (Å²) in [6.45, 7) is 2.24. The third-order valence-corrected chi connectivity index (χ3v) is 4.01. The molecule has 0 amide bonds. The molecule has 2 rings (SSSR count). The number of rotatable bonds is 9. The molecule has 0 aliphatic heterocycles. The predicted molar refractivity (Wildman–Crippen MR) is 93.0 cm³/mol. The lowest BCUT2D eigenvalue weighted by molar-refractivity contribution is 0.645. The minimum absolute atomic E-state index is 0.844. The third kappa shape index (κ3) is 5.68. The molecule has 0 saturated carbocycles. The molecule has 3 nitrogen and oxygen atoms in total. The van der Waals surface area contributed by atoms with Gasteiger partial charge < -0.3 is 0 Å². The average Bonchev–Trinajstić information content (AvgIpc) is 3.00. The van der Waals surface area contributed by atoms with Crippen molar-refractivity contribution in [1.82, 2.24) is 4.98 Å². The maximum absolute atomic E-state index is 4.53. The summed E-state index contributed by atoms with van der Waals surface area (Å²) in [7, 11) is 0. The minimum atomic E-state index is 0.844. The van der Waals surface area contributed by atoms with Gasteiger partial charge in [0.2, 0.25) is 5.13 Å². The van der Waals surface area contributed by atoms with Gasteiger partial charge in [0.1, 0.15) is 0 Å². The van der Waals surface area contributed by atoms with Gasteiger partial charge >= 0.3 is 0 Å². The van der Waals surface area contributed by atoms with E-state index in [2.05, 4.69) is 39.9 Å². The van der Waals surface area contributed by atoms with E-state index in [0.29, 0.717) is 0 Å². The molecule has 1 N–H and O–H groups in total. The van der Waals surface area contributed by atoms with Crippen LogP contribution >= 0.6 is 11.3 Å². The lowest BCUT2D eigenvalue weighted by Gasteiger charge is -1.96. The maximum atomic E-state index is 4.53. The molecular formula is C17H23N3S. The Kier molecular flexibility index (Phi) is 6.95. The average molecular weight is 301 g/mol. The van der Waals surface area contributed by atoms with E-state index in [1.807, 2.05) is 24.4 Å². The summed E-state index contributed by atoms with van der Waals surface area (Å²) < 4.78 is 0. The number of benzene rings is 1. The molecule has 2 aromatic rings. The van der Waals surface area contributed by atoms with Crippen molar-refractivity contribution < 1.29 is 0 Å². The molecule has 0 atom stereocenters. The highest BCUT2D eigenvalue weighted by Gasteiger charge is 2.02. The molecule has 0 aliphatic carbocycles. The summed E-state index contributed by atoms with van der Waals surface area (Å²) in [5.74, 6) is 0. The van der Waals surface area contributed by atoms with Gasteiger partial charge in [0.05, 0.1) is 5.69 Å². The van der Waals surface area contributed by atoms with E-state index in [-0.39, 0.29) is 0 Å². The van der Waals surface area contributed by atoms with Crippen molar-refractivity contribution in [2.45, 2.75) is 45.4 Å². The number of hydrogen-bond acceptors (Lipinski definition) is 4. The Morgan fingerprint density at radius 3 is 2.76 bits per heavy atom. The molecule has 0 radical (unpaired) electrons. The largest absolute Gasteiger partial charge is 0.253 e. The first-order valence-electron chi connectivity index (χ1n) is 7.68. The summed E-state index contributed by atoms with van der Waals surface area (Å²) in [6.07, 6.45) is 9.49. The van der Waals surface area contributed by atoms with Crippen molar-refractivity contribution in [3.63, 3.8) is 0 Å². The maximum Gasteiger partial charge on any atom is 0.203 e. The van der Waals surface area contributed by atoms with E-state index in [0.717, 1.165) is 22.8 Å². The van der Waals surface area contributed by atoms with Gasteiger partial charge in [-0.05, 0) is 12.8 Å². The van der Waals surface area contributed by atoms with Crippen LogP contribution in [0.25, 0.3) is 11.3 Å². The second-order valence-corrected chi connectivity index (χ2v) is 5.89. The summed E-state index contributed by atoms with van der Waals surface area (Å²) in [4.78, 5) is 4.53. The lowest BCUT2D eigenvalue weighted by Crippen LogP contribution is -1.89. The summed E-state index contributed by atoms with van der Waals surface area (Å²) in [5.41, 5.74) is 5.15. The molecule has 0 fully saturated rings. The fourth-order valence-corrected chi connectivity index (χ4v) is 2.74. The Balaban J connectivity index is 1.71. The molecular weight excluding hydrogens is 278 g/mol. The standard InChI is InChI=1S/C17H23N3S/c1-2-3-4-5-6-10-13-18-20-17-19-16(14-21-17)15-11-8-7-9-12-15/h7-9,11-14H,2-6,10H2,1H3,(H,19,20)/b18-13-. The zero-order chi connectivity index (χ0) is 14.8. The highest BCUT2D eigenvalue weighted by atomic mass is 32.1. The zero-order valence-electron chi connectivity index (χ0n) is 12.6. The normalized spacial score (nSPS) is 11.1. The Morgan fingerprint density at radius 2 is 1.95 bits per heavy atom. The molecule has 112 valence electrons. The first-order valence-corrected chi connectivity index (χ1v) is 8.56. The van der Waals surface area contributed by atoms with Crippen LogP contribution in [-0.2, 0) is 0 Å². The van der Waals surface area contributed by atoms with Gasteiger partial charge in [0.25, 0.3) is 0 Å². The number of hydrogen-bond donors (Lipinski definition) is 1. The van der Waals surface area contributed by atoms with Crippen LogP contribution in [0.15, 0.2) is 40.8 Å². The zero-order valence-corrected chi connectivity index (χ0v) is 13.4. The van der Waals surface area contributed by atoms with Gasteiger partial charge in [-0.25, -0.2) is 4.98 Å². The number of hydrazone groups is 1. The van der Waals surface area contributed by atoms with E-state index in [4.69, 9.17) is 0 Å². The number of nitrogens with one attached hydrogen (secondary N) is 1. The van der Waals surface area contributed by atoms with Gasteiger partial charge in [-0.1, -0.05) is 62.9 Å². The molecule has 4 heteroatoms. The minimum Gasteiger partial charge on any atom is -0.253 e. The van der Waals surface area contributed by atoms with Crippen LogP contribution in [0.4, 0.5) is 5.13 Å². The van der Waals surface area contributed by atoms with Crippen LogP contribution < -0.4 is 5.43 Å². The Hall–Kier alpha value is -1.68. The van der Waals surface area contributed by atoms with Crippen molar-refractivity contribution in [2.75, 3.05) is 5.43 Å². The Bertz CT molecular complexity index is 534. The first kappa shape index (κ1) is 15.7. The SMILES string of the molecule is CCCCCCC/C=N\Nc1nc(-c2ccccc2)cs1. The molecule has 1 aromatic carbocycles. The predicted octanol–water partition coefficient (Wildman–Crippen LogP) is 5.57. The topological polar surface area (TPSA) is 37.3 Å². The molecule has 0 bridgehead atoms. The van der Waals surface area contributed by atoms with Gasteiger partial charge in [0, 0.05) is 17.2 Å². The summed E-state index contributed by atoms with van der Waals surface area (Å²) in [5, 5.41) is 7.14. The van der Waals surface area contributed by atoms with Gasteiger partial charge in [0.15, 0.2) is 0 Å². The van der Waals surface area contributed by atoms with Crippen molar-refractivity contribution in [2.24, 2.45) is 5.10 Å². The monoisotopic (exact) mass is 301 g/mol. The van der Waals surface area contributed by atoms with Crippen LogP contribution in [-0.4, -0.2) is 11.2 Å². The highest BCUT2D eigenvalue weighted by molar-refractivity contribution is 7.14. The van der Waals surface area contributed by atoms with Gasteiger partial charge in [-0.2, -0.15) is 5.10 Å². The van der Waals surface area contributed by atoms with E-state index in [1.165, 1.54) is 32.1 Å². The number of unbranched alkanes of at least 4 members (excludes halogenated alkanes) is 5. The number of thiazole rings is 1. The molecule has 1 aromatic heterocycles. The van der Waals surface area contributed by atoms with E-state index >= 15 is 0 Å². The second-order valence-electron chi connectivity index (χ2n) is 5.03. The van der Waals surface area contributed by atoms with Crippen molar-refractivity contribution in [3.05, 3.63) is 35.7 Å². The Labute approximate surface area is 131 Å². The molecule has 0 unspecified atom stereocenters. The van der Waals surface area contributed by atoms with Gasteiger partial charge in [-0.15, -0.1) is 11.3 Å². The van der Waals surface area contributed by atoms with Crippen LogP contribution in [0, 0.1) is 0 Å². The summed E-state index contributed by atoms with van der Waals surface area (Å²) in [6, 6.07) is 10.2. The van der Waals surface area contributed by atoms with Gasteiger partial charge in [-0.3, -0.25) is 5.43 Å². The Morgan fingerprint density at radius 1 is 1.14 bits per heavy atom. The molecule has 1 heterocycles. The number of aromatic nitrogens is 1. The molecule has 0 saturated heterocycles. The smallest absolute Gasteiger partial charge is 0.203 e. The number of anilines is 1. The lowest BCUT2D eigenvalue weighted by atomic mass is 10.1. The van der Waals surface area contributed by atoms with Crippen molar-refractivity contribution in [3.8, 4) is 11.3 Å². The van der Waals surface area contributed by atoms with E-state index < -0.39 is 0 Å². The quantitative estimate of drug-likeness (QED) is 0.373. The van der Waals surface area contributed by atoms with Crippen LogP contribution in [0.5, 0.6) is 0 Å². The second kappa shape index (κ2) is 9.29. The molecule has 0 spiro atoms. The third-order valence-electron chi connectivity index (χ3n) is 3.26. The van der Waals surface area contributed by atoms with Crippen molar-refractivity contribution >= 4 is 22.7 Å². The molecule has 21 heavy (non-hydrogen) atoms.